The number of hydrogen-bond acceptors (Lipinski definition) is 1. The number of rotatable bonds is 6. The number of aryl methyl sites for hydroxylation is 1. The normalized spacial score (nSPS) is 11.9. The molecule has 3 heteroatoms. The Morgan fingerprint density at radius 3 is 1.85 bits per heavy atom. The first-order valence-corrected chi connectivity index (χ1v) is 14.8. The molecule has 0 spiro atoms. The highest BCUT2D eigenvalue weighted by atomic mass is 35.5. The minimum Gasteiger partial charge on any atom is -0.308 e. The van der Waals surface area contributed by atoms with Crippen LogP contribution in [0.5, 0.6) is 0 Å². The molecule has 0 atom stereocenters. The predicted octanol–water partition coefficient (Wildman–Crippen LogP) is 12.1. The lowest BCUT2D eigenvalue weighted by Crippen LogP contribution is -2.20. The van der Waals surface area contributed by atoms with Gasteiger partial charge in [0.1, 0.15) is 0 Å². The summed E-state index contributed by atoms with van der Waals surface area (Å²) < 4.78 is 0. The molecule has 0 aliphatic carbocycles. The van der Waals surface area contributed by atoms with Crippen molar-refractivity contribution in [2.45, 2.75) is 52.4 Å². The van der Waals surface area contributed by atoms with Gasteiger partial charge >= 0.3 is 0 Å². The van der Waals surface area contributed by atoms with Crippen molar-refractivity contribution in [1.82, 2.24) is 0 Å². The molecule has 0 heterocycles. The highest BCUT2D eigenvalue weighted by Gasteiger charge is 2.27. The van der Waals surface area contributed by atoms with Gasteiger partial charge in [-0.15, -0.1) is 0 Å². The molecule has 0 aromatic heterocycles. The van der Waals surface area contributed by atoms with Crippen LogP contribution in [0.1, 0.15) is 56.9 Å². The summed E-state index contributed by atoms with van der Waals surface area (Å²) in [5.74, 6) is 0. The minimum atomic E-state index is -0.190. The molecule has 0 bridgehead atoms. The summed E-state index contributed by atoms with van der Waals surface area (Å²) in [7, 11) is 0. The van der Waals surface area contributed by atoms with Gasteiger partial charge in [-0.05, 0) is 76.6 Å². The molecular weight excluding hydrogens is 541 g/mol. The molecule has 0 fully saturated rings. The quantitative estimate of drug-likeness (QED) is 0.194. The lowest BCUT2D eigenvalue weighted by molar-refractivity contribution is 0.590. The molecule has 5 rings (SSSR count). The summed E-state index contributed by atoms with van der Waals surface area (Å²) >= 11 is 13.7. The number of anilines is 3. The van der Waals surface area contributed by atoms with Gasteiger partial charge in [0, 0.05) is 16.7 Å². The van der Waals surface area contributed by atoms with Crippen molar-refractivity contribution in [1.29, 1.82) is 0 Å². The van der Waals surface area contributed by atoms with Crippen LogP contribution in [0.2, 0.25) is 10.0 Å². The summed E-state index contributed by atoms with van der Waals surface area (Å²) in [5, 5.41) is 1.08. The molecule has 0 saturated heterocycles. The van der Waals surface area contributed by atoms with Gasteiger partial charge in [0.25, 0.3) is 0 Å². The molecule has 5 aromatic carbocycles. The number of benzene rings is 5. The summed E-state index contributed by atoms with van der Waals surface area (Å²) in [5.41, 5.74) is 9.81. The van der Waals surface area contributed by atoms with Gasteiger partial charge in [-0.3, -0.25) is 0 Å². The van der Waals surface area contributed by atoms with E-state index in [9.17, 15) is 0 Å². The minimum absolute atomic E-state index is 0.0124. The van der Waals surface area contributed by atoms with Gasteiger partial charge < -0.3 is 4.90 Å². The van der Waals surface area contributed by atoms with Crippen LogP contribution in [0.25, 0.3) is 11.1 Å². The lowest BCUT2D eigenvalue weighted by Gasteiger charge is -2.32. The molecule has 0 unspecified atom stereocenters. The molecule has 0 saturated carbocycles. The molecule has 0 aliphatic heterocycles. The standard InChI is InChI=1S/C38H37Cl2N/c1-26-22-33(39)36(40)35(23-26)41(31-19-13-18-29(24-31)37(2,3)4)34-21-20-30(25-32(34)27-14-9-7-10-15-27)38(5,6)28-16-11-8-12-17-28/h7-25H,1-6H3. The number of hydrogen-bond donors (Lipinski definition) is 0. The zero-order valence-corrected chi connectivity index (χ0v) is 26.2. The molecule has 0 aliphatic rings. The number of nitrogens with zero attached hydrogens (tertiary/aromatic N) is 1. The van der Waals surface area contributed by atoms with Gasteiger partial charge in [0.05, 0.1) is 21.4 Å². The Labute approximate surface area is 255 Å². The summed E-state index contributed by atoms with van der Waals surface area (Å²) in [4.78, 5) is 2.26. The van der Waals surface area contributed by atoms with Crippen molar-refractivity contribution in [3.8, 4) is 11.1 Å². The zero-order chi connectivity index (χ0) is 29.4. The highest BCUT2D eigenvalue weighted by molar-refractivity contribution is 6.44. The second-order valence-electron chi connectivity index (χ2n) is 12.3. The van der Waals surface area contributed by atoms with E-state index in [2.05, 4.69) is 156 Å². The Morgan fingerprint density at radius 1 is 0.561 bits per heavy atom. The first kappa shape index (κ1) is 29.0. The van der Waals surface area contributed by atoms with E-state index in [1.807, 2.05) is 6.07 Å². The second-order valence-corrected chi connectivity index (χ2v) is 13.1. The van der Waals surface area contributed by atoms with E-state index in [-0.39, 0.29) is 10.8 Å². The third-order valence-corrected chi connectivity index (χ3v) is 8.70. The van der Waals surface area contributed by atoms with Crippen LogP contribution >= 0.6 is 23.2 Å². The van der Waals surface area contributed by atoms with E-state index in [1.54, 1.807) is 0 Å². The average Bonchev–Trinajstić information content (AvgIpc) is 2.96. The Kier molecular flexibility index (Phi) is 8.06. The maximum atomic E-state index is 7.00. The summed E-state index contributed by atoms with van der Waals surface area (Å²) in [6.45, 7) is 13.3. The summed E-state index contributed by atoms with van der Waals surface area (Å²) in [6.07, 6.45) is 0. The van der Waals surface area contributed by atoms with Gasteiger partial charge in [-0.2, -0.15) is 0 Å². The fourth-order valence-corrected chi connectivity index (χ4v) is 5.84. The van der Waals surface area contributed by atoms with Gasteiger partial charge in [0.2, 0.25) is 0 Å². The Hall–Kier alpha value is -3.52. The molecule has 0 N–H and O–H groups in total. The van der Waals surface area contributed by atoms with Crippen molar-refractivity contribution in [3.05, 3.63) is 148 Å². The maximum absolute atomic E-state index is 7.00. The fraction of sp³-hybridized carbons (Fsp3) is 0.211. The lowest BCUT2D eigenvalue weighted by atomic mass is 9.77. The van der Waals surface area contributed by atoms with Crippen molar-refractivity contribution in [3.63, 3.8) is 0 Å². The van der Waals surface area contributed by atoms with Crippen LogP contribution in [0.15, 0.2) is 115 Å². The van der Waals surface area contributed by atoms with E-state index in [4.69, 9.17) is 23.2 Å². The Balaban J connectivity index is 1.81. The molecule has 1 nitrogen and oxygen atoms in total. The maximum Gasteiger partial charge on any atom is 0.0832 e. The predicted molar refractivity (Wildman–Crippen MR) is 179 cm³/mol. The molecule has 41 heavy (non-hydrogen) atoms. The molecule has 0 radical (unpaired) electrons. The largest absolute Gasteiger partial charge is 0.308 e. The van der Waals surface area contributed by atoms with Gasteiger partial charge in [0.15, 0.2) is 0 Å². The molecular formula is C38H37Cl2N. The Bertz CT molecular complexity index is 1660. The van der Waals surface area contributed by atoms with Crippen LogP contribution in [0, 0.1) is 6.92 Å². The van der Waals surface area contributed by atoms with Crippen molar-refractivity contribution in [2.75, 3.05) is 4.90 Å². The van der Waals surface area contributed by atoms with E-state index in [0.717, 1.165) is 33.8 Å². The topological polar surface area (TPSA) is 3.24 Å². The van der Waals surface area contributed by atoms with E-state index < -0.39 is 0 Å². The first-order valence-electron chi connectivity index (χ1n) is 14.1. The van der Waals surface area contributed by atoms with Crippen LogP contribution in [-0.4, -0.2) is 0 Å². The third kappa shape index (κ3) is 5.94. The first-order chi connectivity index (χ1) is 19.5. The van der Waals surface area contributed by atoms with Crippen molar-refractivity contribution < 1.29 is 0 Å². The monoisotopic (exact) mass is 577 g/mol. The van der Waals surface area contributed by atoms with Gasteiger partial charge in [-0.1, -0.05) is 137 Å². The Morgan fingerprint density at radius 2 is 1.20 bits per heavy atom. The SMILES string of the molecule is Cc1cc(Cl)c(Cl)c(N(c2cccc(C(C)(C)C)c2)c2ccc(C(C)(C)c3ccccc3)cc2-c2ccccc2)c1. The molecule has 208 valence electrons. The van der Waals surface area contributed by atoms with Crippen LogP contribution in [0.3, 0.4) is 0 Å². The van der Waals surface area contributed by atoms with Crippen LogP contribution < -0.4 is 4.90 Å². The van der Waals surface area contributed by atoms with E-state index in [1.165, 1.54) is 16.7 Å². The third-order valence-electron chi connectivity index (χ3n) is 7.90. The van der Waals surface area contributed by atoms with Gasteiger partial charge in [-0.25, -0.2) is 0 Å². The van der Waals surface area contributed by atoms with Crippen molar-refractivity contribution >= 4 is 40.3 Å². The van der Waals surface area contributed by atoms with Crippen LogP contribution in [0.4, 0.5) is 17.1 Å². The second kappa shape index (κ2) is 11.4. The highest BCUT2D eigenvalue weighted by Crippen LogP contribution is 2.47. The average molecular weight is 579 g/mol. The number of halogens is 2. The van der Waals surface area contributed by atoms with E-state index in [0.29, 0.717) is 10.0 Å². The van der Waals surface area contributed by atoms with E-state index >= 15 is 0 Å². The fourth-order valence-electron chi connectivity index (χ4n) is 5.38. The zero-order valence-electron chi connectivity index (χ0n) is 24.7. The van der Waals surface area contributed by atoms with Crippen LogP contribution in [-0.2, 0) is 10.8 Å². The smallest absolute Gasteiger partial charge is 0.0832 e. The molecule has 0 amide bonds. The molecule has 5 aromatic rings. The summed E-state index contributed by atoms with van der Waals surface area (Å²) in [6, 6.07) is 40.9. The van der Waals surface area contributed by atoms with Crippen molar-refractivity contribution in [2.24, 2.45) is 0 Å².